The van der Waals surface area contributed by atoms with Crippen molar-refractivity contribution in [3.8, 4) is 22.6 Å². The van der Waals surface area contributed by atoms with Gasteiger partial charge in [0.05, 0.1) is 61.6 Å². The maximum atomic E-state index is 14.7. The Morgan fingerprint density at radius 1 is 1.11 bits per heavy atom. The summed E-state index contributed by atoms with van der Waals surface area (Å²) in [5, 5.41) is 19.9. The molecule has 6 rings (SSSR count). The van der Waals surface area contributed by atoms with Gasteiger partial charge in [-0.05, 0) is 29.9 Å². The van der Waals surface area contributed by atoms with Crippen molar-refractivity contribution in [1.82, 2.24) is 24.2 Å². The number of aliphatic imine (C=N–C) groups is 1. The van der Waals surface area contributed by atoms with Crippen LogP contribution in [0, 0.1) is 10.1 Å². The van der Waals surface area contributed by atoms with Crippen LogP contribution in [0.1, 0.15) is 25.3 Å². The Kier molecular flexibility index (Phi) is 10.9. The summed E-state index contributed by atoms with van der Waals surface area (Å²) in [6.07, 6.45) is 9.86. The second kappa shape index (κ2) is 15.4. The molecule has 2 aliphatic rings. The van der Waals surface area contributed by atoms with Crippen LogP contribution in [-0.4, -0.2) is 100 Å². The minimum atomic E-state index is -0.454. The number of aromatic nitrogens is 4. The summed E-state index contributed by atoms with van der Waals surface area (Å²) in [6.45, 7) is 1.77. The minimum Gasteiger partial charge on any atom is -0.495 e. The standard InChI is InChI=1S/C36H39Cl2N9O6/c1-43-13-11-29(42-43)41-30-18-26-23(20-40-30)17-25(32-33(37)27(52-4)19-28(53-5)34(32)38)36(49)45(26)24-9-14-44(15-10-24)31(48)7-6-16-47(2,3)21-22-8-12-39-35(22)46(50)51/h6-7,11-13,17-20,24H,8-10,14-16,21H2,1-5H3/p+1/b7-6+. The third-order valence-corrected chi connectivity index (χ3v) is 10.1. The van der Waals surface area contributed by atoms with E-state index in [0.29, 0.717) is 89.5 Å². The summed E-state index contributed by atoms with van der Waals surface area (Å²) in [5.74, 6) is 1.46. The van der Waals surface area contributed by atoms with Crippen molar-refractivity contribution in [2.75, 3.05) is 59.8 Å². The number of hydrogen-bond acceptors (Lipinski definition) is 10. The van der Waals surface area contributed by atoms with Crippen LogP contribution in [0.5, 0.6) is 11.5 Å². The number of benzene rings is 1. The number of halogens is 2. The highest BCUT2D eigenvalue weighted by atomic mass is 35.5. The van der Waals surface area contributed by atoms with E-state index in [1.165, 1.54) is 14.2 Å². The molecule has 0 saturated carbocycles. The van der Waals surface area contributed by atoms with Gasteiger partial charge in [-0.2, -0.15) is 5.10 Å². The molecule has 0 spiro atoms. The maximum absolute atomic E-state index is 14.7. The lowest BCUT2D eigenvalue weighted by Gasteiger charge is -2.33. The highest BCUT2D eigenvalue weighted by Crippen LogP contribution is 2.46. The first-order valence-corrected chi connectivity index (χ1v) is 17.6. The third-order valence-electron chi connectivity index (χ3n) is 9.39. The molecule has 17 heteroatoms. The summed E-state index contributed by atoms with van der Waals surface area (Å²) in [5.41, 5.74) is 1.52. The quantitative estimate of drug-likeness (QED) is 0.0836. The predicted molar refractivity (Wildman–Crippen MR) is 204 cm³/mol. The summed E-state index contributed by atoms with van der Waals surface area (Å²) in [7, 11) is 8.66. The molecule has 3 aromatic heterocycles. The lowest BCUT2D eigenvalue weighted by Crippen LogP contribution is -2.42. The SMILES string of the molecule is COc1cc(OC)c(Cl)c(-c2cc3cnc(Nc4ccn(C)n4)cc3n(C3CCN(C(=O)/C=C/C[N+](C)(C)CC4=C([N+](=O)[O-])N=CC4)CC3)c2=O)c1Cl. The number of methoxy groups -OCH3 is 2. The van der Waals surface area contributed by atoms with Crippen LogP contribution < -0.4 is 20.3 Å². The first-order chi connectivity index (χ1) is 25.3. The van der Waals surface area contributed by atoms with Crippen molar-refractivity contribution in [1.29, 1.82) is 0 Å². The van der Waals surface area contributed by atoms with Crippen LogP contribution in [0.3, 0.4) is 0 Å². The number of ether oxygens (including phenoxy) is 2. The molecule has 0 bridgehead atoms. The lowest BCUT2D eigenvalue weighted by atomic mass is 10.00. The van der Waals surface area contributed by atoms with Crippen molar-refractivity contribution >= 4 is 57.9 Å². The fourth-order valence-corrected chi connectivity index (χ4v) is 7.49. The van der Waals surface area contributed by atoms with Gasteiger partial charge in [0.1, 0.15) is 30.1 Å². The number of nitrogens with zero attached hydrogens (tertiary/aromatic N) is 8. The summed E-state index contributed by atoms with van der Waals surface area (Å²) >= 11 is 13.6. The Balaban J connectivity index is 1.28. The van der Waals surface area contributed by atoms with Crippen molar-refractivity contribution < 1.29 is 23.7 Å². The number of likely N-dealkylation sites (tertiary alicyclic amines) is 1. The van der Waals surface area contributed by atoms with E-state index in [1.54, 1.807) is 50.8 Å². The van der Waals surface area contributed by atoms with Gasteiger partial charge in [0.15, 0.2) is 5.82 Å². The fraction of sp³-hybridized carbons (Fsp3) is 0.361. The number of pyridine rings is 2. The number of amides is 1. The molecule has 1 aromatic carbocycles. The number of carbonyl (C=O) groups is 1. The van der Waals surface area contributed by atoms with E-state index in [-0.39, 0.29) is 44.5 Å². The van der Waals surface area contributed by atoms with Gasteiger partial charge in [-0.1, -0.05) is 28.2 Å². The van der Waals surface area contributed by atoms with Crippen LogP contribution >= 0.6 is 23.2 Å². The Bertz CT molecular complexity index is 2210. The van der Waals surface area contributed by atoms with Crippen LogP contribution in [0.25, 0.3) is 22.0 Å². The molecule has 278 valence electrons. The van der Waals surface area contributed by atoms with Gasteiger partial charge in [-0.3, -0.25) is 14.3 Å². The largest absolute Gasteiger partial charge is 0.495 e. The molecule has 0 unspecified atom stereocenters. The smallest absolute Gasteiger partial charge is 0.368 e. The molecule has 0 aliphatic carbocycles. The van der Waals surface area contributed by atoms with Crippen molar-refractivity contribution in [2.45, 2.75) is 25.3 Å². The average Bonchev–Trinajstić information content (AvgIpc) is 3.76. The van der Waals surface area contributed by atoms with E-state index in [2.05, 4.69) is 20.4 Å². The molecule has 4 aromatic rings. The van der Waals surface area contributed by atoms with E-state index in [4.69, 9.17) is 32.7 Å². The number of nitrogens with one attached hydrogen (secondary N) is 1. The van der Waals surface area contributed by atoms with Crippen molar-refractivity contribution in [3.63, 3.8) is 0 Å². The third kappa shape index (κ3) is 7.92. The zero-order valence-electron chi connectivity index (χ0n) is 30.0. The molecule has 1 amide bonds. The number of quaternary nitrogens is 1. The van der Waals surface area contributed by atoms with Crippen molar-refractivity contribution in [2.24, 2.45) is 12.0 Å². The second-order valence-electron chi connectivity index (χ2n) is 13.6. The molecule has 53 heavy (non-hydrogen) atoms. The second-order valence-corrected chi connectivity index (χ2v) is 14.3. The normalized spacial score (nSPS) is 15.2. The topological polar surface area (TPSA) is 159 Å². The first-order valence-electron chi connectivity index (χ1n) is 16.9. The number of nitro groups is 1. The van der Waals surface area contributed by atoms with Gasteiger partial charge in [-0.15, -0.1) is 0 Å². The van der Waals surface area contributed by atoms with E-state index in [1.807, 2.05) is 39.5 Å². The number of carbonyl (C=O) groups excluding carboxylic acids is 1. The molecule has 1 N–H and O–H groups in total. The van der Waals surface area contributed by atoms with E-state index in [9.17, 15) is 19.7 Å². The predicted octanol–water partition coefficient (Wildman–Crippen LogP) is 5.62. The van der Waals surface area contributed by atoms with Gasteiger partial charge in [0.2, 0.25) is 5.91 Å². The number of fused-ring (bicyclic) bond motifs is 1. The minimum absolute atomic E-state index is 0.0945. The molecule has 5 heterocycles. The van der Waals surface area contributed by atoms with E-state index in [0.717, 1.165) is 0 Å². The highest BCUT2D eigenvalue weighted by molar-refractivity contribution is 6.41. The number of likely N-dealkylation sites (N-methyl/N-ethyl adjacent to an activating group) is 1. The summed E-state index contributed by atoms with van der Waals surface area (Å²) in [4.78, 5) is 49.1. The number of rotatable bonds is 12. The molecular formula is C36H40Cl2N9O6+. The number of hydrogen-bond donors (Lipinski definition) is 1. The Morgan fingerprint density at radius 3 is 2.43 bits per heavy atom. The fourth-order valence-electron chi connectivity index (χ4n) is 6.78. The monoisotopic (exact) mass is 764 g/mol. The maximum Gasteiger partial charge on any atom is 0.368 e. The molecule has 1 saturated heterocycles. The average molecular weight is 766 g/mol. The van der Waals surface area contributed by atoms with Gasteiger partial charge < -0.3 is 38.9 Å². The van der Waals surface area contributed by atoms with E-state index < -0.39 is 4.92 Å². The highest BCUT2D eigenvalue weighted by Gasteiger charge is 2.30. The Morgan fingerprint density at radius 2 is 1.81 bits per heavy atom. The number of anilines is 2. The van der Waals surface area contributed by atoms with Crippen LogP contribution in [-0.2, 0) is 11.8 Å². The molecule has 15 nitrogen and oxygen atoms in total. The zero-order chi connectivity index (χ0) is 38.0. The van der Waals surface area contributed by atoms with Crippen LogP contribution in [0.2, 0.25) is 10.0 Å². The molecule has 2 aliphatic heterocycles. The number of aryl methyl sites for hydroxylation is 1. The summed E-state index contributed by atoms with van der Waals surface area (Å²) in [6, 6.07) is 6.64. The molecule has 1 fully saturated rings. The lowest BCUT2D eigenvalue weighted by molar-refractivity contribution is -0.880. The molecular weight excluding hydrogens is 725 g/mol. The van der Waals surface area contributed by atoms with Crippen LogP contribution in [0.4, 0.5) is 11.6 Å². The first kappa shape index (κ1) is 37.5. The van der Waals surface area contributed by atoms with Gasteiger partial charge in [0, 0.05) is 80.2 Å². The molecule has 0 radical (unpaired) electrons. The number of piperidine rings is 1. The molecule has 0 atom stereocenters. The van der Waals surface area contributed by atoms with Crippen molar-refractivity contribution in [3.05, 3.63) is 90.7 Å². The zero-order valence-corrected chi connectivity index (χ0v) is 31.5. The van der Waals surface area contributed by atoms with E-state index >= 15 is 0 Å². The Hall–Kier alpha value is -5.25. The van der Waals surface area contributed by atoms with Gasteiger partial charge in [-0.25, -0.2) is 4.98 Å². The Labute approximate surface area is 315 Å². The van der Waals surface area contributed by atoms with Crippen LogP contribution in [0.15, 0.2) is 70.0 Å². The van der Waals surface area contributed by atoms with Gasteiger partial charge >= 0.3 is 5.82 Å². The van der Waals surface area contributed by atoms with Gasteiger partial charge in [0.25, 0.3) is 5.56 Å². The summed E-state index contributed by atoms with van der Waals surface area (Å²) < 4.78 is 14.8.